The van der Waals surface area contributed by atoms with Crippen LogP contribution >= 0.6 is 0 Å². The van der Waals surface area contributed by atoms with Crippen LogP contribution in [0.15, 0.2) is 45.9 Å². The van der Waals surface area contributed by atoms with E-state index < -0.39 is 0 Å². The number of hydrogen-bond acceptors (Lipinski definition) is 5. The number of aryl methyl sites for hydroxylation is 2. The van der Waals surface area contributed by atoms with E-state index in [4.69, 9.17) is 16.0 Å². The molecule has 3 aromatic rings. The minimum Gasteiger partial charge on any atom is -0.383 e. The molecule has 2 aromatic carbocycles. The zero-order valence-electron chi connectivity index (χ0n) is 12.6. The zero-order chi connectivity index (χ0) is 15.7. The third kappa shape index (κ3) is 3.34. The van der Waals surface area contributed by atoms with Gasteiger partial charge in [-0.05, 0) is 37.6 Å². The SMILES string of the molecule is C.Cc1ccc2c(c1)C(N)=NC2.Cc1ccc2onc(N)c2c1. The molecule has 0 fully saturated rings. The molecule has 0 atom stereocenters. The van der Waals surface area contributed by atoms with E-state index in [-0.39, 0.29) is 7.43 Å². The van der Waals surface area contributed by atoms with Gasteiger partial charge in [-0.25, -0.2) is 0 Å². The standard InChI is InChI=1S/C9H10N2.C8H8N2O.CH4/c1-6-2-3-7-5-11-9(10)8(7)4-6;1-5-2-3-7-6(4-5)8(9)10-11-7;/h2-4H,5H2,1H3,(H2,10,11);2-4H,1H3,(H2,9,10);1H4. The Labute approximate surface area is 136 Å². The molecule has 120 valence electrons. The van der Waals surface area contributed by atoms with Gasteiger partial charge in [-0.3, -0.25) is 4.99 Å². The third-order valence-corrected chi connectivity index (χ3v) is 3.61. The monoisotopic (exact) mass is 310 g/mol. The lowest BCUT2D eigenvalue weighted by Crippen LogP contribution is -2.10. The molecule has 0 unspecified atom stereocenters. The minimum atomic E-state index is 0. The normalized spacial score (nSPS) is 12.0. The lowest BCUT2D eigenvalue weighted by Gasteiger charge is -1.99. The van der Waals surface area contributed by atoms with E-state index in [2.05, 4.69) is 35.3 Å². The van der Waals surface area contributed by atoms with Gasteiger partial charge in [0.15, 0.2) is 11.4 Å². The summed E-state index contributed by atoms with van der Waals surface area (Å²) in [5.41, 5.74) is 16.7. The van der Waals surface area contributed by atoms with Gasteiger partial charge < -0.3 is 16.0 Å². The maximum absolute atomic E-state index is 5.67. The molecule has 5 heteroatoms. The maximum Gasteiger partial charge on any atom is 0.174 e. The van der Waals surface area contributed by atoms with Crippen LogP contribution in [0.4, 0.5) is 5.82 Å². The summed E-state index contributed by atoms with van der Waals surface area (Å²) in [7, 11) is 0. The topological polar surface area (TPSA) is 90.4 Å². The van der Waals surface area contributed by atoms with Crippen molar-refractivity contribution in [3.63, 3.8) is 0 Å². The van der Waals surface area contributed by atoms with Crippen molar-refractivity contribution in [3.8, 4) is 0 Å². The Kier molecular flexibility index (Phi) is 4.69. The van der Waals surface area contributed by atoms with Crippen LogP contribution in [0.1, 0.15) is 29.7 Å². The van der Waals surface area contributed by atoms with Crippen LogP contribution in [0.25, 0.3) is 11.0 Å². The predicted molar refractivity (Wildman–Crippen MR) is 95.5 cm³/mol. The second kappa shape index (κ2) is 6.52. The summed E-state index contributed by atoms with van der Waals surface area (Å²) in [5, 5.41) is 4.53. The summed E-state index contributed by atoms with van der Waals surface area (Å²) in [6.45, 7) is 4.82. The summed E-state index contributed by atoms with van der Waals surface area (Å²) < 4.78 is 4.93. The molecule has 0 spiro atoms. The molecular weight excluding hydrogens is 288 g/mol. The van der Waals surface area contributed by atoms with Gasteiger partial charge in [0.2, 0.25) is 0 Å². The van der Waals surface area contributed by atoms with Crippen molar-refractivity contribution < 1.29 is 4.52 Å². The smallest absolute Gasteiger partial charge is 0.174 e. The maximum atomic E-state index is 5.67. The number of nitrogens with two attached hydrogens (primary N) is 2. The molecule has 2 heterocycles. The molecule has 0 aliphatic carbocycles. The van der Waals surface area contributed by atoms with Gasteiger partial charge in [0.25, 0.3) is 0 Å². The summed E-state index contributed by atoms with van der Waals surface area (Å²) in [4.78, 5) is 4.14. The van der Waals surface area contributed by atoms with Crippen molar-refractivity contribution in [1.29, 1.82) is 0 Å². The molecule has 0 bridgehead atoms. The van der Waals surface area contributed by atoms with Crippen molar-refractivity contribution in [2.75, 3.05) is 5.73 Å². The van der Waals surface area contributed by atoms with Crippen LogP contribution in [0.3, 0.4) is 0 Å². The highest BCUT2D eigenvalue weighted by atomic mass is 16.5. The highest BCUT2D eigenvalue weighted by Crippen LogP contribution is 2.20. The second-order valence-corrected chi connectivity index (χ2v) is 5.43. The van der Waals surface area contributed by atoms with Crippen LogP contribution in [-0.2, 0) is 6.54 Å². The van der Waals surface area contributed by atoms with Gasteiger partial charge in [0.05, 0.1) is 11.9 Å². The molecule has 4 N–H and O–H groups in total. The van der Waals surface area contributed by atoms with Crippen LogP contribution in [0, 0.1) is 13.8 Å². The Morgan fingerprint density at radius 1 is 1.00 bits per heavy atom. The highest BCUT2D eigenvalue weighted by molar-refractivity contribution is 6.00. The van der Waals surface area contributed by atoms with Crippen molar-refractivity contribution in [2.24, 2.45) is 10.7 Å². The Morgan fingerprint density at radius 2 is 1.70 bits per heavy atom. The van der Waals surface area contributed by atoms with Crippen molar-refractivity contribution in [2.45, 2.75) is 27.8 Å². The predicted octanol–water partition coefficient (Wildman–Crippen LogP) is 3.57. The number of benzene rings is 2. The average molecular weight is 310 g/mol. The average Bonchev–Trinajstić information content (AvgIpc) is 3.04. The van der Waals surface area contributed by atoms with Gasteiger partial charge in [0.1, 0.15) is 5.84 Å². The highest BCUT2D eigenvalue weighted by Gasteiger charge is 2.11. The van der Waals surface area contributed by atoms with Crippen LogP contribution in [0.5, 0.6) is 0 Å². The first-order valence-electron chi connectivity index (χ1n) is 7.06. The Bertz CT molecular complexity index is 865. The lowest BCUT2D eigenvalue weighted by molar-refractivity contribution is 0.460. The molecule has 23 heavy (non-hydrogen) atoms. The molecule has 1 aliphatic rings. The number of anilines is 1. The zero-order valence-corrected chi connectivity index (χ0v) is 12.6. The molecular formula is C18H22N4O. The molecule has 0 saturated heterocycles. The fourth-order valence-electron chi connectivity index (χ4n) is 2.39. The van der Waals surface area contributed by atoms with Crippen molar-refractivity contribution >= 4 is 22.6 Å². The molecule has 0 saturated carbocycles. The first-order chi connectivity index (χ1) is 10.5. The Hall–Kier alpha value is -2.82. The number of aliphatic imine (C=N–C) groups is 1. The number of hydrogen-bond donors (Lipinski definition) is 2. The molecule has 4 rings (SSSR count). The summed E-state index contributed by atoms with van der Waals surface area (Å²) in [5.74, 6) is 1.15. The van der Waals surface area contributed by atoms with E-state index in [1.807, 2.05) is 25.1 Å². The molecule has 0 amide bonds. The summed E-state index contributed by atoms with van der Waals surface area (Å²) in [6.07, 6.45) is 0. The van der Waals surface area contributed by atoms with E-state index in [1.54, 1.807) is 0 Å². The van der Waals surface area contributed by atoms with Gasteiger partial charge in [0, 0.05) is 5.56 Å². The van der Waals surface area contributed by atoms with Crippen LogP contribution < -0.4 is 11.5 Å². The lowest BCUT2D eigenvalue weighted by atomic mass is 10.1. The number of fused-ring (bicyclic) bond motifs is 2. The van der Waals surface area contributed by atoms with E-state index in [0.29, 0.717) is 11.7 Å². The van der Waals surface area contributed by atoms with E-state index in [1.165, 1.54) is 11.1 Å². The number of nitrogen functional groups attached to an aromatic ring is 1. The molecule has 1 aromatic heterocycles. The number of aromatic nitrogens is 1. The van der Waals surface area contributed by atoms with Crippen LogP contribution in [-0.4, -0.2) is 11.0 Å². The van der Waals surface area contributed by atoms with Crippen molar-refractivity contribution in [1.82, 2.24) is 5.16 Å². The summed E-state index contributed by atoms with van der Waals surface area (Å²) in [6, 6.07) is 12.1. The van der Waals surface area contributed by atoms with Crippen LogP contribution in [0.2, 0.25) is 0 Å². The summed E-state index contributed by atoms with van der Waals surface area (Å²) >= 11 is 0. The number of rotatable bonds is 0. The molecule has 5 nitrogen and oxygen atoms in total. The fourth-order valence-corrected chi connectivity index (χ4v) is 2.39. The Balaban J connectivity index is 0.000000160. The second-order valence-electron chi connectivity index (χ2n) is 5.43. The Morgan fingerprint density at radius 3 is 2.48 bits per heavy atom. The fraction of sp³-hybridized carbons (Fsp3) is 0.222. The van der Waals surface area contributed by atoms with Gasteiger partial charge in [-0.15, -0.1) is 0 Å². The van der Waals surface area contributed by atoms with Gasteiger partial charge >= 0.3 is 0 Å². The van der Waals surface area contributed by atoms with Gasteiger partial charge in [-0.2, -0.15) is 0 Å². The van der Waals surface area contributed by atoms with E-state index in [0.717, 1.165) is 28.6 Å². The number of amidine groups is 1. The molecule has 1 aliphatic heterocycles. The largest absolute Gasteiger partial charge is 0.383 e. The minimum absolute atomic E-state index is 0. The molecule has 0 radical (unpaired) electrons. The van der Waals surface area contributed by atoms with Crippen molar-refractivity contribution in [3.05, 3.63) is 58.7 Å². The first-order valence-corrected chi connectivity index (χ1v) is 7.06. The quantitative estimate of drug-likeness (QED) is 0.664. The van der Waals surface area contributed by atoms with E-state index >= 15 is 0 Å². The first kappa shape index (κ1) is 16.5. The number of nitrogens with zero attached hydrogens (tertiary/aromatic N) is 2. The van der Waals surface area contributed by atoms with Gasteiger partial charge in [-0.1, -0.05) is 41.9 Å². The van der Waals surface area contributed by atoms with E-state index in [9.17, 15) is 0 Å². The third-order valence-electron chi connectivity index (χ3n) is 3.61.